The number of carbonyl (C=O) groups excluding carboxylic acids is 1. The van der Waals surface area contributed by atoms with E-state index in [-0.39, 0.29) is 23.1 Å². The highest BCUT2D eigenvalue weighted by Gasteiger charge is 2.27. The molecule has 0 saturated carbocycles. The molecule has 0 atom stereocenters. The monoisotopic (exact) mass is 348 g/mol. The SMILES string of the molecule is COc1ccc(S(=O)(=O)Nc2cccc3c2N(C)C(=O)CO3)cc1. The molecular formula is C16H16N2O5S. The second-order valence-corrected chi connectivity index (χ2v) is 6.86. The molecule has 24 heavy (non-hydrogen) atoms. The molecule has 2 aromatic rings. The van der Waals surface area contributed by atoms with Crippen molar-refractivity contribution >= 4 is 27.3 Å². The second-order valence-electron chi connectivity index (χ2n) is 5.17. The summed E-state index contributed by atoms with van der Waals surface area (Å²) in [5.41, 5.74) is 0.671. The van der Waals surface area contributed by atoms with Crippen LogP contribution in [0.15, 0.2) is 47.4 Å². The predicted octanol–water partition coefficient (Wildman–Crippen LogP) is 1.85. The molecule has 126 valence electrons. The van der Waals surface area contributed by atoms with Crippen molar-refractivity contribution in [1.82, 2.24) is 0 Å². The third-order valence-electron chi connectivity index (χ3n) is 3.67. The molecule has 0 fully saturated rings. The van der Waals surface area contributed by atoms with Gasteiger partial charge < -0.3 is 14.4 Å². The lowest BCUT2D eigenvalue weighted by atomic mass is 10.2. The summed E-state index contributed by atoms with van der Waals surface area (Å²) in [5, 5.41) is 0. The van der Waals surface area contributed by atoms with Crippen molar-refractivity contribution in [1.29, 1.82) is 0 Å². The van der Waals surface area contributed by atoms with Gasteiger partial charge in [0.2, 0.25) is 0 Å². The van der Waals surface area contributed by atoms with Crippen molar-refractivity contribution in [2.75, 3.05) is 30.4 Å². The lowest BCUT2D eigenvalue weighted by Crippen LogP contribution is -2.36. The van der Waals surface area contributed by atoms with Crippen molar-refractivity contribution in [3.8, 4) is 11.5 Å². The van der Waals surface area contributed by atoms with E-state index >= 15 is 0 Å². The Kier molecular flexibility index (Phi) is 4.06. The van der Waals surface area contributed by atoms with Gasteiger partial charge in [0, 0.05) is 7.05 Å². The number of rotatable bonds is 4. The number of nitrogens with one attached hydrogen (secondary N) is 1. The molecule has 7 nitrogen and oxygen atoms in total. The molecular weight excluding hydrogens is 332 g/mol. The minimum Gasteiger partial charge on any atom is -0.497 e. The van der Waals surface area contributed by atoms with Crippen molar-refractivity contribution in [2.45, 2.75) is 4.90 Å². The molecule has 0 saturated heterocycles. The van der Waals surface area contributed by atoms with Crippen LogP contribution in [0.1, 0.15) is 0 Å². The van der Waals surface area contributed by atoms with Gasteiger partial charge in [-0.05, 0) is 36.4 Å². The molecule has 3 rings (SSSR count). The van der Waals surface area contributed by atoms with Crippen LogP contribution in [0.3, 0.4) is 0 Å². The van der Waals surface area contributed by atoms with Crippen molar-refractivity contribution in [3.05, 3.63) is 42.5 Å². The molecule has 1 N–H and O–H groups in total. The van der Waals surface area contributed by atoms with Gasteiger partial charge in [-0.25, -0.2) is 8.42 Å². The number of nitrogens with zero attached hydrogens (tertiary/aromatic N) is 1. The minimum absolute atomic E-state index is 0.0712. The average molecular weight is 348 g/mol. The Hall–Kier alpha value is -2.74. The lowest BCUT2D eigenvalue weighted by molar-refractivity contribution is -0.120. The maximum Gasteiger partial charge on any atom is 0.264 e. The van der Waals surface area contributed by atoms with Gasteiger partial charge in [-0.1, -0.05) is 6.07 Å². The summed E-state index contributed by atoms with van der Waals surface area (Å²) in [6.07, 6.45) is 0. The Labute approximate surface area is 139 Å². The van der Waals surface area contributed by atoms with Crippen LogP contribution in [-0.4, -0.2) is 35.1 Å². The maximum absolute atomic E-state index is 12.6. The van der Waals surface area contributed by atoms with E-state index in [9.17, 15) is 13.2 Å². The third-order valence-corrected chi connectivity index (χ3v) is 5.06. The van der Waals surface area contributed by atoms with Gasteiger partial charge >= 0.3 is 0 Å². The first-order valence-corrected chi connectivity index (χ1v) is 8.60. The highest BCUT2D eigenvalue weighted by atomic mass is 32.2. The van der Waals surface area contributed by atoms with Gasteiger partial charge in [-0.2, -0.15) is 0 Å². The van der Waals surface area contributed by atoms with Crippen LogP contribution in [-0.2, 0) is 14.8 Å². The fourth-order valence-electron chi connectivity index (χ4n) is 2.39. The molecule has 0 unspecified atom stereocenters. The highest BCUT2D eigenvalue weighted by Crippen LogP contribution is 2.38. The van der Waals surface area contributed by atoms with Crippen molar-refractivity contribution < 1.29 is 22.7 Å². The van der Waals surface area contributed by atoms with Gasteiger partial charge in [0.1, 0.15) is 17.2 Å². The number of anilines is 2. The first kappa shape index (κ1) is 16.1. The summed E-state index contributed by atoms with van der Waals surface area (Å²) < 4.78 is 38.0. The number of sulfonamides is 1. The van der Waals surface area contributed by atoms with Crippen LogP contribution in [0.25, 0.3) is 0 Å². The minimum atomic E-state index is -3.81. The summed E-state index contributed by atoms with van der Waals surface area (Å²) in [4.78, 5) is 13.3. The quantitative estimate of drug-likeness (QED) is 0.911. The van der Waals surface area contributed by atoms with Gasteiger partial charge in [-0.15, -0.1) is 0 Å². The van der Waals surface area contributed by atoms with Gasteiger partial charge in [0.25, 0.3) is 15.9 Å². The van der Waals surface area contributed by atoms with E-state index in [0.717, 1.165) is 0 Å². The number of fused-ring (bicyclic) bond motifs is 1. The number of likely N-dealkylation sites (N-methyl/N-ethyl adjacent to an activating group) is 1. The van der Waals surface area contributed by atoms with Gasteiger partial charge in [0.15, 0.2) is 6.61 Å². The van der Waals surface area contributed by atoms with E-state index < -0.39 is 10.0 Å². The van der Waals surface area contributed by atoms with Crippen LogP contribution >= 0.6 is 0 Å². The second kappa shape index (κ2) is 6.04. The number of carbonyl (C=O) groups is 1. The Morgan fingerprint density at radius 1 is 1.17 bits per heavy atom. The number of methoxy groups -OCH3 is 1. The van der Waals surface area contributed by atoms with E-state index in [4.69, 9.17) is 9.47 Å². The number of hydrogen-bond acceptors (Lipinski definition) is 5. The fraction of sp³-hybridized carbons (Fsp3) is 0.188. The summed E-state index contributed by atoms with van der Waals surface area (Å²) >= 11 is 0. The summed E-state index contributed by atoms with van der Waals surface area (Å²) in [5.74, 6) is 0.760. The number of ether oxygens (including phenoxy) is 2. The maximum atomic E-state index is 12.6. The van der Waals surface area contributed by atoms with Gasteiger partial charge in [-0.3, -0.25) is 9.52 Å². The fourth-order valence-corrected chi connectivity index (χ4v) is 3.45. The number of para-hydroxylation sites is 1. The van der Waals surface area contributed by atoms with Crippen LogP contribution in [0.4, 0.5) is 11.4 Å². The zero-order valence-corrected chi connectivity index (χ0v) is 14.0. The first-order valence-electron chi connectivity index (χ1n) is 7.11. The van der Waals surface area contributed by atoms with Crippen LogP contribution < -0.4 is 19.1 Å². The van der Waals surface area contributed by atoms with E-state index in [0.29, 0.717) is 17.2 Å². The molecule has 0 aliphatic carbocycles. The topological polar surface area (TPSA) is 84.9 Å². The summed E-state index contributed by atoms with van der Waals surface area (Å²) in [6.45, 7) is -0.0712. The lowest BCUT2D eigenvalue weighted by Gasteiger charge is -2.28. The smallest absolute Gasteiger partial charge is 0.264 e. The van der Waals surface area contributed by atoms with E-state index in [1.807, 2.05) is 0 Å². The Balaban J connectivity index is 1.97. The number of amides is 1. The standard InChI is InChI=1S/C16H16N2O5S/c1-18-15(19)10-23-14-5-3-4-13(16(14)18)17-24(20,21)12-8-6-11(22-2)7-9-12/h3-9,17H,10H2,1-2H3. The normalized spacial score (nSPS) is 13.9. The zero-order valence-electron chi connectivity index (χ0n) is 13.1. The number of hydrogen-bond donors (Lipinski definition) is 1. The van der Waals surface area contributed by atoms with E-state index in [1.54, 1.807) is 37.4 Å². The Morgan fingerprint density at radius 3 is 2.54 bits per heavy atom. The average Bonchev–Trinajstić information content (AvgIpc) is 2.58. The Morgan fingerprint density at radius 2 is 1.88 bits per heavy atom. The molecule has 1 amide bonds. The molecule has 0 bridgehead atoms. The largest absolute Gasteiger partial charge is 0.497 e. The van der Waals surface area contributed by atoms with Crippen molar-refractivity contribution in [3.63, 3.8) is 0 Å². The predicted molar refractivity (Wildman–Crippen MR) is 89.1 cm³/mol. The third kappa shape index (κ3) is 2.88. The molecule has 1 heterocycles. The summed E-state index contributed by atoms with van der Waals surface area (Å²) in [7, 11) is -0.729. The highest BCUT2D eigenvalue weighted by molar-refractivity contribution is 7.92. The van der Waals surface area contributed by atoms with E-state index in [2.05, 4.69) is 4.72 Å². The van der Waals surface area contributed by atoms with Crippen LogP contribution in [0.5, 0.6) is 11.5 Å². The molecule has 1 aliphatic heterocycles. The molecule has 0 spiro atoms. The summed E-state index contributed by atoms with van der Waals surface area (Å²) in [6, 6.07) is 10.9. The number of benzene rings is 2. The van der Waals surface area contributed by atoms with Crippen molar-refractivity contribution in [2.24, 2.45) is 0 Å². The molecule has 0 aromatic heterocycles. The molecule has 0 radical (unpaired) electrons. The zero-order chi connectivity index (χ0) is 17.3. The van der Waals surface area contributed by atoms with Crippen LogP contribution in [0.2, 0.25) is 0 Å². The van der Waals surface area contributed by atoms with Crippen LogP contribution in [0, 0.1) is 0 Å². The molecule has 1 aliphatic rings. The Bertz CT molecular complexity index is 878. The van der Waals surface area contributed by atoms with E-state index in [1.165, 1.54) is 24.1 Å². The molecule has 2 aromatic carbocycles. The first-order chi connectivity index (χ1) is 11.4. The molecule has 8 heteroatoms. The van der Waals surface area contributed by atoms with Gasteiger partial charge in [0.05, 0.1) is 17.7 Å².